The van der Waals surface area contributed by atoms with E-state index in [1.165, 1.54) is 0 Å². The molecule has 3 N–H and O–H groups in total. The fraction of sp³-hybridized carbons (Fsp3) is 1.00. The first-order valence-corrected chi connectivity index (χ1v) is 4.80. The molecule has 0 aliphatic heterocycles. The molecule has 0 spiro atoms. The molecule has 0 radical (unpaired) electrons. The van der Waals surface area contributed by atoms with Gasteiger partial charge in [0.2, 0.25) is 0 Å². The van der Waals surface area contributed by atoms with Crippen LogP contribution < -0.4 is 5.73 Å². The van der Waals surface area contributed by atoms with E-state index in [2.05, 4.69) is 4.74 Å². The molecule has 0 aliphatic rings. The molecule has 0 bridgehead atoms. The van der Waals surface area contributed by atoms with Gasteiger partial charge < -0.3 is 15.6 Å². The maximum Gasteiger partial charge on any atom is 0.414 e. The lowest BCUT2D eigenvalue weighted by atomic mass is 10.0. The third-order valence-electron chi connectivity index (χ3n) is 2.13. The van der Waals surface area contributed by atoms with Crippen LogP contribution in [0.2, 0.25) is 0 Å². The van der Waals surface area contributed by atoms with Gasteiger partial charge in [-0.15, -0.1) is 0 Å². The maximum absolute atomic E-state index is 12.0. The fourth-order valence-corrected chi connectivity index (χ4v) is 0.910. The number of rotatable bonds is 6. The molecule has 92 valence electrons. The van der Waals surface area contributed by atoms with Crippen molar-refractivity contribution in [2.24, 2.45) is 5.73 Å². The Hall–Kier alpha value is -0.330. The monoisotopic (exact) mass is 229 g/mol. The molecule has 0 fully saturated rings. The second kappa shape index (κ2) is 5.67. The van der Waals surface area contributed by atoms with Crippen molar-refractivity contribution >= 4 is 0 Å². The van der Waals surface area contributed by atoms with Crippen LogP contribution in [-0.2, 0) is 4.74 Å². The molecule has 0 saturated carbocycles. The van der Waals surface area contributed by atoms with Crippen LogP contribution in [0.5, 0.6) is 0 Å². The second-order valence-electron chi connectivity index (χ2n) is 3.86. The van der Waals surface area contributed by atoms with Crippen LogP contribution in [0.25, 0.3) is 0 Å². The number of aliphatic hydroxyl groups is 1. The summed E-state index contributed by atoms with van der Waals surface area (Å²) in [6.07, 6.45) is -5.41. The van der Waals surface area contributed by atoms with Gasteiger partial charge in [-0.3, -0.25) is 0 Å². The highest BCUT2D eigenvalue weighted by Crippen LogP contribution is 2.22. The predicted octanol–water partition coefficient (Wildman–Crippen LogP) is 1.44. The molecule has 0 rings (SSSR count). The lowest BCUT2D eigenvalue weighted by Gasteiger charge is -2.21. The Labute approximate surface area is 87.4 Å². The fourth-order valence-electron chi connectivity index (χ4n) is 0.910. The predicted molar refractivity (Wildman–Crippen MR) is 50.4 cm³/mol. The minimum Gasteiger partial charge on any atom is -0.389 e. The Morgan fingerprint density at radius 3 is 2.33 bits per heavy atom. The number of hydrogen-bond donors (Lipinski definition) is 2. The highest BCUT2D eigenvalue weighted by atomic mass is 19.4. The standard InChI is InChI=1S/C9H18F3NO2/c1-7(9(10,11)12)15-5-3-4-8(2,14)6-13/h7,14H,3-6,13H2,1-2H3. The summed E-state index contributed by atoms with van der Waals surface area (Å²) in [4.78, 5) is 0. The molecule has 6 heteroatoms. The van der Waals surface area contributed by atoms with Crippen LogP contribution in [0.3, 0.4) is 0 Å². The first kappa shape index (κ1) is 14.7. The SMILES string of the molecule is CC(OCCCC(C)(O)CN)C(F)(F)F. The molecule has 0 amide bonds. The first-order chi connectivity index (χ1) is 6.69. The Balaban J connectivity index is 3.64. The average Bonchev–Trinajstić information content (AvgIpc) is 2.10. The van der Waals surface area contributed by atoms with Gasteiger partial charge in [-0.2, -0.15) is 13.2 Å². The van der Waals surface area contributed by atoms with Gasteiger partial charge in [-0.05, 0) is 26.7 Å². The van der Waals surface area contributed by atoms with Crippen molar-refractivity contribution in [3.05, 3.63) is 0 Å². The van der Waals surface area contributed by atoms with Crippen LogP contribution in [-0.4, -0.2) is 36.1 Å². The highest BCUT2D eigenvalue weighted by molar-refractivity contribution is 4.72. The van der Waals surface area contributed by atoms with Crippen LogP contribution in [0, 0.1) is 0 Å². The van der Waals surface area contributed by atoms with Crippen LogP contribution in [0.15, 0.2) is 0 Å². The lowest BCUT2D eigenvalue weighted by Crippen LogP contribution is -2.34. The summed E-state index contributed by atoms with van der Waals surface area (Å²) in [6, 6.07) is 0. The summed E-state index contributed by atoms with van der Waals surface area (Å²) in [5.41, 5.74) is 4.22. The van der Waals surface area contributed by atoms with E-state index in [1.54, 1.807) is 6.92 Å². The van der Waals surface area contributed by atoms with E-state index in [4.69, 9.17) is 5.73 Å². The summed E-state index contributed by atoms with van der Waals surface area (Å²) in [7, 11) is 0. The Kier molecular flexibility index (Phi) is 5.55. The normalized spacial score (nSPS) is 18.6. The number of nitrogens with two attached hydrogens (primary N) is 1. The zero-order valence-corrected chi connectivity index (χ0v) is 8.97. The average molecular weight is 229 g/mol. The van der Waals surface area contributed by atoms with E-state index in [0.29, 0.717) is 12.8 Å². The van der Waals surface area contributed by atoms with Gasteiger partial charge >= 0.3 is 6.18 Å². The van der Waals surface area contributed by atoms with E-state index in [1.807, 2.05) is 0 Å². The van der Waals surface area contributed by atoms with Crippen LogP contribution in [0.4, 0.5) is 13.2 Å². The van der Waals surface area contributed by atoms with Gasteiger partial charge in [0.25, 0.3) is 0 Å². The number of halogens is 3. The number of ether oxygens (including phenoxy) is 1. The van der Waals surface area contributed by atoms with Crippen molar-refractivity contribution in [1.82, 2.24) is 0 Å². The minimum absolute atomic E-state index is 0.0309. The highest BCUT2D eigenvalue weighted by Gasteiger charge is 2.36. The molecule has 0 heterocycles. The molecule has 3 nitrogen and oxygen atoms in total. The van der Waals surface area contributed by atoms with E-state index in [-0.39, 0.29) is 13.2 Å². The third kappa shape index (κ3) is 6.70. The molecule has 0 aromatic rings. The first-order valence-electron chi connectivity index (χ1n) is 4.80. The molecule has 15 heavy (non-hydrogen) atoms. The molecule has 0 aliphatic carbocycles. The van der Waals surface area contributed by atoms with E-state index in [0.717, 1.165) is 6.92 Å². The zero-order chi connectivity index (χ0) is 12.1. The molecule has 0 aromatic heterocycles. The molecule has 0 aromatic carbocycles. The smallest absolute Gasteiger partial charge is 0.389 e. The Bertz CT molecular complexity index is 183. The summed E-state index contributed by atoms with van der Waals surface area (Å²) in [5, 5.41) is 9.45. The minimum atomic E-state index is -4.32. The van der Waals surface area contributed by atoms with Gasteiger partial charge in [-0.25, -0.2) is 0 Å². The molecular weight excluding hydrogens is 211 g/mol. The molecule has 0 saturated heterocycles. The largest absolute Gasteiger partial charge is 0.414 e. The van der Waals surface area contributed by atoms with E-state index >= 15 is 0 Å². The summed E-state index contributed by atoms with van der Waals surface area (Å²) in [6.45, 7) is 2.56. The summed E-state index contributed by atoms with van der Waals surface area (Å²) < 4.78 is 40.5. The van der Waals surface area contributed by atoms with Crippen molar-refractivity contribution < 1.29 is 23.0 Å². The van der Waals surface area contributed by atoms with Crippen molar-refractivity contribution in [2.75, 3.05) is 13.2 Å². The topological polar surface area (TPSA) is 55.5 Å². The Morgan fingerprint density at radius 1 is 1.40 bits per heavy atom. The third-order valence-corrected chi connectivity index (χ3v) is 2.13. The van der Waals surface area contributed by atoms with Crippen LogP contribution >= 0.6 is 0 Å². The van der Waals surface area contributed by atoms with Gasteiger partial charge in [0.15, 0.2) is 6.10 Å². The zero-order valence-electron chi connectivity index (χ0n) is 8.97. The second-order valence-corrected chi connectivity index (χ2v) is 3.86. The van der Waals surface area contributed by atoms with Gasteiger partial charge in [-0.1, -0.05) is 0 Å². The maximum atomic E-state index is 12.0. The summed E-state index contributed by atoms with van der Waals surface area (Å²) >= 11 is 0. The number of hydrogen-bond acceptors (Lipinski definition) is 3. The quantitative estimate of drug-likeness (QED) is 0.678. The molecule has 2 unspecified atom stereocenters. The Morgan fingerprint density at radius 2 is 1.93 bits per heavy atom. The molecule has 2 atom stereocenters. The van der Waals surface area contributed by atoms with Crippen LogP contribution in [0.1, 0.15) is 26.7 Å². The van der Waals surface area contributed by atoms with Gasteiger partial charge in [0.05, 0.1) is 5.60 Å². The lowest BCUT2D eigenvalue weighted by molar-refractivity contribution is -0.214. The summed E-state index contributed by atoms with van der Waals surface area (Å²) in [5.74, 6) is 0. The van der Waals surface area contributed by atoms with Crippen molar-refractivity contribution in [1.29, 1.82) is 0 Å². The molecular formula is C9H18F3NO2. The van der Waals surface area contributed by atoms with Crippen molar-refractivity contribution in [3.63, 3.8) is 0 Å². The van der Waals surface area contributed by atoms with Crippen molar-refractivity contribution in [2.45, 2.75) is 44.6 Å². The van der Waals surface area contributed by atoms with E-state index < -0.39 is 17.9 Å². The van der Waals surface area contributed by atoms with Gasteiger partial charge in [0, 0.05) is 13.2 Å². The van der Waals surface area contributed by atoms with Gasteiger partial charge in [0.1, 0.15) is 0 Å². The number of alkyl halides is 3. The van der Waals surface area contributed by atoms with E-state index in [9.17, 15) is 18.3 Å². The van der Waals surface area contributed by atoms with Crippen molar-refractivity contribution in [3.8, 4) is 0 Å².